The van der Waals surface area contributed by atoms with Crippen molar-refractivity contribution in [1.29, 1.82) is 5.41 Å². The first-order valence-electron chi connectivity index (χ1n) is 4.58. The van der Waals surface area contributed by atoms with Crippen LogP contribution in [0.15, 0.2) is 30.6 Å². The van der Waals surface area contributed by atoms with Crippen molar-refractivity contribution in [3.05, 3.63) is 35.7 Å². The Balaban J connectivity index is 2.26. The fourth-order valence-electron chi connectivity index (χ4n) is 1.17. The number of halogens is 1. The smallest absolute Gasteiger partial charge is 0.249 e. The summed E-state index contributed by atoms with van der Waals surface area (Å²) in [7, 11) is 0. The predicted octanol–water partition coefficient (Wildman–Crippen LogP) is 1.19. The zero-order chi connectivity index (χ0) is 12.4. The lowest BCUT2D eigenvalue weighted by Crippen LogP contribution is -2.33. The highest BCUT2D eigenvalue weighted by Crippen LogP contribution is 2.13. The van der Waals surface area contributed by atoms with Crippen LogP contribution in [0, 0.1) is 5.41 Å². The van der Waals surface area contributed by atoms with E-state index in [0.717, 1.165) is 4.68 Å². The van der Waals surface area contributed by atoms with E-state index in [-0.39, 0.29) is 16.9 Å². The number of hydrogen-bond acceptors (Lipinski definition) is 5. The molecule has 8 heteroatoms. The molecule has 2 heterocycles. The van der Waals surface area contributed by atoms with Gasteiger partial charge >= 0.3 is 0 Å². The molecule has 0 aliphatic carbocycles. The molecule has 0 unspecified atom stereocenters. The van der Waals surface area contributed by atoms with Crippen molar-refractivity contribution in [3.8, 4) is 0 Å². The van der Waals surface area contributed by atoms with E-state index >= 15 is 0 Å². The van der Waals surface area contributed by atoms with E-state index < -0.39 is 0 Å². The first-order chi connectivity index (χ1) is 8.08. The van der Waals surface area contributed by atoms with E-state index in [4.69, 9.17) is 22.7 Å². The zero-order valence-corrected chi connectivity index (χ0v) is 9.33. The monoisotopic (exact) mass is 252 g/mol. The van der Waals surface area contributed by atoms with Gasteiger partial charge in [-0.05, 0) is 12.1 Å². The van der Waals surface area contributed by atoms with Gasteiger partial charge in [-0.15, -0.1) is 0 Å². The average molecular weight is 253 g/mol. The van der Waals surface area contributed by atoms with Gasteiger partial charge in [0.25, 0.3) is 0 Å². The van der Waals surface area contributed by atoms with Gasteiger partial charge < -0.3 is 5.73 Å². The van der Waals surface area contributed by atoms with Gasteiger partial charge in [-0.1, -0.05) is 17.7 Å². The molecule has 0 fully saturated rings. The van der Waals surface area contributed by atoms with E-state index in [1.807, 2.05) is 0 Å². The van der Waals surface area contributed by atoms with Crippen LogP contribution in [0.25, 0.3) is 0 Å². The zero-order valence-electron chi connectivity index (χ0n) is 8.58. The van der Waals surface area contributed by atoms with E-state index in [1.165, 1.54) is 18.5 Å². The van der Waals surface area contributed by atoms with Crippen LogP contribution in [0.5, 0.6) is 0 Å². The third kappa shape index (κ3) is 2.35. The summed E-state index contributed by atoms with van der Waals surface area (Å²) in [6.07, 6.45) is 2.77. The van der Waals surface area contributed by atoms with Crippen molar-refractivity contribution in [1.82, 2.24) is 14.8 Å². The summed E-state index contributed by atoms with van der Waals surface area (Å²) in [5, 5.41) is 22.0. The maximum Gasteiger partial charge on any atom is 0.249 e. The summed E-state index contributed by atoms with van der Waals surface area (Å²) in [6, 6.07) is 4.68. The van der Waals surface area contributed by atoms with E-state index in [2.05, 4.69) is 10.1 Å². The van der Waals surface area contributed by atoms with Gasteiger partial charge in [-0.2, -0.15) is 10.2 Å². The fourth-order valence-corrected chi connectivity index (χ4v) is 1.33. The molecule has 0 saturated carbocycles. The second-order valence-electron chi connectivity index (χ2n) is 3.17. The molecule has 17 heavy (non-hydrogen) atoms. The predicted molar refractivity (Wildman–Crippen MR) is 63.3 cm³/mol. The number of nitrogens with two attached hydrogens (primary N) is 1. The highest BCUT2D eigenvalue weighted by atomic mass is 35.5. The maximum absolute atomic E-state index is 9.76. The molecular formula is C9H9ClN6O. The minimum atomic E-state index is -0.309. The van der Waals surface area contributed by atoms with E-state index in [9.17, 15) is 5.21 Å². The number of pyridine rings is 1. The van der Waals surface area contributed by atoms with Crippen LogP contribution in [-0.2, 0) is 0 Å². The molecule has 2 rings (SSSR count). The molecule has 7 nitrogen and oxygen atoms in total. The van der Waals surface area contributed by atoms with Gasteiger partial charge in [0, 0.05) is 0 Å². The molecule has 4 N–H and O–H groups in total. The Morgan fingerprint density at radius 3 is 2.88 bits per heavy atom. The van der Waals surface area contributed by atoms with Crippen LogP contribution < -0.4 is 10.8 Å². The normalized spacial score (nSPS) is 10.2. The number of aromatic nitrogens is 3. The van der Waals surface area contributed by atoms with Crippen LogP contribution in [0.4, 0.5) is 11.5 Å². The fraction of sp³-hybridized carbons (Fsp3) is 0. The lowest BCUT2D eigenvalue weighted by atomic mass is 10.4. The molecule has 0 radical (unpaired) electrons. The molecule has 0 bridgehead atoms. The van der Waals surface area contributed by atoms with Crippen molar-refractivity contribution in [3.63, 3.8) is 0 Å². The number of hydroxylamine groups is 1. The van der Waals surface area contributed by atoms with Gasteiger partial charge in [0.15, 0.2) is 5.82 Å². The lowest BCUT2D eigenvalue weighted by Gasteiger charge is -2.15. The summed E-state index contributed by atoms with van der Waals surface area (Å²) in [6.45, 7) is 0. The van der Waals surface area contributed by atoms with Crippen LogP contribution in [0.3, 0.4) is 0 Å². The summed E-state index contributed by atoms with van der Waals surface area (Å²) >= 11 is 5.68. The molecule has 0 saturated heterocycles. The summed E-state index contributed by atoms with van der Waals surface area (Å²) in [4.78, 5) is 3.85. The van der Waals surface area contributed by atoms with Gasteiger partial charge in [0.1, 0.15) is 5.15 Å². The Hall–Kier alpha value is -2.12. The first kappa shape index (κ1) is 11.4. The van der Waals surface area contributed by atoms with E-state index in [1.54, 1.807) is 12.1 Å². The van der Waals surface area contributed by atoms with Crippen LogP contribution in [0.1, 0.15) is 0 Å². The highest BCUT2D eigenvalue weighted by Gasteiger charge is 2.13. The Kier molecular flexibility index (Phi) is 2.94. The topological polar surface area (TPSA) is 104 Å². The van der Waals surface area contributed by atoms with Crippen LogP contribution in [0.2, 0.25) is 5.15 Å². The van der Waals surface area contributed by atoms with Gasteiger partial charge in [-0.25, -0.2) is 9.67 Å². The molecule has 0 amide bonds. The minimum absolute atomic E-state index is 0.122. The number of nitrogen functional groups attached to an aromatic ring is 1. The maximum atomic E-state index is 9.76. The summed E-state index contributed by atoms with van der Waals surface area (Å²) < 4.78 is 1.11. The van der Waals surface area contributed by atoms with Crippen LogP contribution >= 0.6 is 11.6 Å². The molecule has 0 aromatic carbocycles. The lowest BCUT2D eigenvalue weighted by molar-refractivity contribution is 0.303. The van der Waals surface area contributed by atoms with Gasteiger partial charge in [-0.3, -0.25) is 10.6 Å². The summed E-state index contributed by atoms with van der Waals surface area (Å²) in [5.41, 5.74) is 5.85. The number of rotatable bonds is 1. The van der Waals surface area contributed by atoms with Gasteiger partial charge in [0.2, 0.25) is 5.96 Å². The van der Waals surface area contributed by atoms with Crippen molar-refractivity contribution in [2.24, 2.45) is 0 Å². The molecule has 2 aromatic heterocycles. The molecular weight excluding hydrogens is 244 g/mol. The van der Waals surface area contributed by atoms with Crippen molar-refractivity contribution < 1.29 is 5.21 Å². The SMILES string of the molecule is N=C(N(O)c1cccc(Cl)n1)n1cc(N)cn1. The Morgan fingerprint density at radius 2 is 2.29 bits per heavy atom. The third-order valence-electron chi connectivity index (χ3n) is 1.94. The largest absolute Gasteiger partial charge is 0.396 e. The molecule has 0 aliphatic heterocycles. The number of nitrogens with one attached hydrogen (secondary N) is 1. The Bertz CT molecular complexity index is 554. The average Bonchev–Trinajstić information content (AvgIpc) is 2.74. The van der Waals surface area contributed by atoms with E-state index in [0.29, 0.717) is 10.8 Å². The van der Waals surface area contributed by atoms with Crippen molar-refractivity contribution in [2.75, 3.05) is 10.8 Å². The number of anilines is 2. The van der Waals surface area contributed by atoms with Crippen LogP contribution in [-0.4, -0.2) is 25.9 Å². The Labute approximate surface area is 102 Å². The Morgan fingerprint density at radius 1 is 1.53 bits per heavy atom. The number of nitrogens with zero attached hydrogens (tertiary/aromatic N) is 4. The first-order valence-corrected chi connectivity index (χ1v) is 4.96. The molecule has 2 aromatic rings. The molecule has 0 aliphatic rings. The highest BCUT2D eigenvalue weighted by molar-refractivity contribution is 6.29. The molecule has 88 valence electrons. The quantitative estimate of drug-likeness (QED) is 0.306. The molecule has 0 spiro atoms. The second-order valence-corrected chi connectivity index (χ2v) is 3.56. The number of hydrogen-bond donors (Lipinski definition) is 3. The standard InChI is InChI=1S/C9H9ClN6O/c10-7-2-1-3-8(14-7)16(17)9(12)15-5-6(11)4-13-15/h1-5,12,17H,11H2. The van der Waals surface area contributed by atoms with Crippen molar-refractivity contribution >= 4 is 29.1 Å². The summed E-state index contributed by atoms with van der Waals surface area (Å²) in [5.74, 6) is -0.187. The third-order valence-corrected chi connectivity index (χ3v) is 2.15. The molecule has 0 atom stereocenters. The minimum Gasteiger partial charge on any atom is -0.396 e. The second kappa shape index (κ2) is 4.40. The van der Waals surface area contributed by atoms with Crippen molar-refractivity contribution in [2.45, 2.75) is 0 Å². The van der Waals surface area contributed by atoms with Gasteiger partial charge in [0.05, 0.1) is 18.1 Å².